The van der Waals surface area contributed by atoms with Gasteiger partial charge in [0.2, 0.25) is 5.91 Å². The molecule has 15 heavy (non-hydrogen) atoms. The number of hydrogen-bond donors (Lipinski definition) is 1. The van der Waals surface area contributed by atoms with Crippen molar-refractivity contribution in [1.29, 1.82) is 0 Å². The molecule has 0 aromatic carbocycles. The Hall–Kier alpha value is -0.350. The predicted octanol–water partition coefficient (Wildman–Crippen LogP) is 2.89. The molecule has 0 bridgehead atoms. The van der Waals surface area contributed by atoms with E-state index in [1.165, 1.54) is 9.75 Å². The van der Waals surface area contributed by atoms with Crippen LogP contribution < -0.4 is 5.32 Å². The van der Waals surface area contributed by atoms with Crippen molar-refractivity contribution in [3.05, 3.63) is 21.9 Å². The van der Waals surface area contributed by atoms with Crippen molar-refractivity contribution in [3.8, 4) is 0 Å². The lowest BCUT2D eigenvalue weighted by molar-refractivity contribution is -0.120. The van der Waals surface area contributed by atoms with Crippen LogP contribution >= 0.6 is 27.3 Å². The Bertz CT molecular complexity index is 335. The quantitative estimate of drug-likeness (QED) is 0.849. The van der Waals surface area contributed by atoms with Gasteiger partial charge in [-0.05, 0) is 32.9 Å². The third-order valence-corrected chi connectivity index (χ3v) is 3.49. The summed E-state index contributed by atoms with van der Waals surface area (Å²) in [7, 11) is 0. The number of hydrogen-bond acceptors (Lipinski definition) is 2. The van der Waals surface area contributed by atoms with Crippen molar-refractivity contribution in [3.63, 3.8) is 0 Å². The number of halogens is 1. The first-order chi connectivity index (χ1) is 6.99. The third kappa shape index (κ3) is 4.34. The summed E-state index contributed by atoms with van der Waals surface area (Å²) in [5.41, 5.74) is 0. The Morgan fingerprint density at radius 1 is 1.53 bits per heavy atom. The summed E-state index contributed by atoms with van der Waals surface area (Å²) in [5, 5.41) is 2.96. The van der Waals surface area contributed by atoms with Gasteiger partial charge in [-0.2, -0.15) is 0 Å². The van der Waals surface area contributed by atoms with Gasteiger partial charge in [-0.1, -0.05) is 15.9 Å². The van der Waals surface area contributed by atoms with Crippen LogP contribution in [0.4, 0.5) is 0 Å². The van der Waals surface area contributed by atoms with E-state index in [0.717, 1.165) is 6.42 Å². The second-order valence-corrected chi connectivity index (χ2v) is 6.49. The molecule has 1 rings (SSSR count). The molecular weight excluding hydrogens is 274 g/mol. The van der Waals surface area contributed by atoms with E-state index < -0.39 is 0 Å². The van der Waals surface area contributed by atoms with Gasteiger partial charge in [0.05, 0.1) is 4.83 Å². The summed E-state index contributed by atoms with van der Waals surface area (Å²) < 4.78 is 0. The van der Waals surface area contributed by atoms with Crippen molar-refractivity contribution in [2.24, 2.45) is 0 Å². The highest BCUT2D eigenvalue weighted by molar-refractivity contribution is 9.10. The van der Waals surface area contributed by atoms with Crippen LogP contribution in [0.15, 0.2) is 12.1 Å². The summed E-state index contributed by atoms with van der Waals surface area (Å²) in [5.74, 6) is 0.0516. The SMILES string of the molecule is Cc1ccc(CC(C)NC(=O)C(C)Br)s1. The van der Waals surface area contributed by atoms with Gasteiger partial charge in [-0.3, -0.25) is 4.79 Å². The second-order valence-electron chi connectivity index (χ2n) is 3.74. The van der Waals surface area contributed by atoms with E-state index in [9.17, 15) is 4.79 Å². The highest BCUT2D eigenvalue weighted by Gasteiger charge is 2.12. The molecule has 2 nitrogen and oxygen atoms in total. The van der Waals surface area contributed by atoms with Crippen molar-refractivity contribution in [2.75, 3.05) is 0 Å². The van der Waals surface area contributed by atoms with Crippen molar-refractivity contribution < 1.29 is 4.79 Å². The maximum atomic E-state index is 11.4. The van der Waals surface area contributed by atoms with Gasteiger partial charge in [0.1, 0.15) is 0 Å². The highest BCUT2D eigenvalue weighted by Crippen LogP contribution is 2.16. The fourth-order valence-corrected chi connectivity index (χ4v) is 2.46. The number of aryl methyl sites for hydroxylation is 1. The Labute approximate surface area is 103 Å². The van der Waals surface area contributed by atoms with Gasteiger partial charge in [0.25, 0.3) is 0 Å². The van der Waals surface area contributed by atoms with E-state index in [2.05, 4.69) is 40.3 Å². The maximum absolute atomic E-state index is 11.4. The lowest BCUT2D eigenvalue weighted by Gasteiger charge is -2.13. The van der Waals surface area contributed by atoms with Crippen LogP contribution in [0, 0.1) is 6.92 Å². The van der Waals surface area contributed by atoms with Gasteiger partial charge in [0.15, 0.2) is 0 Å². The minimum Gasteiger partial charge on any atom is -0.352 e. The summed E-state index contributed by atoms with van der Waals surface area (Å²) >= 11 is 5.04. The Morgan fingerprint density at radius 2 is 2.20 bits per heavy atom. The third-order valence-electron chi connectivity index (χ3n) is 2.05. The van der Waals surface area contributed by atoms with Crippen molar-refractivity contribution in [1.82, 2.24) is 5.32 Å². The van der Waals surface area contributed by atoms with Crippen LogP contribution in [0.25, 0.3) is 0 Å². The smallest absolute Gasteiger partial charge is 0.233 e. The molecule has 84 valence electrons. The van der Waals surface area contributed by atoms with E-state index in [1.54, 1.807) is 11.3 Å². The molecule has 1 aromatic heterocycles. The van der Waals surface area contributed by atoms with E-state index in [1.807, 2.05) is 13.8 Å². The fourth-order valence-electron chi connectivity index (χ4n) is 1.31. The molecule has 4 heteroatoms. The van der Waals surface area contributed by atoms with E-state index in [0.29, 0.717) is 0 Å². The lowest BCUT2D eigenvalue weighted by atomic mass is 10.2. The summed E-state index contributed by atoms with van der Waals surface area (Å²) in [6.07, 6.45) is 0.907. The number of carbonyl (C=O) groups excluding carboxylic acids is 1. The van der Waals surface area contributed by atoms with Crippen LogP contribution in [-0.4, -0.2) is 16.8 Å². The van der Waals surface area contributed by atoms with Crippen LogP contribution in [0.2, 0.25) is 0 Å². The minimum atomic E-state index is -0.120. The molecule has 0 saturated heterocycles. The molecule has 0 radical (unpaired) electrons. The zero-order valence-corrected chi connectivity index (χ0v) is 11.6. The number of rotatable bonds is 4. The number of amides is 1. The topological polar surface area (TPSA) is 29.1 Å². The van der Waals surface area contributed by atoms with Gasteiger partial charge in [-0.25, -0.2) is 0 Å². The molecule has 1 amide bonds. The van der Waals surface area contributed by atoms with Gasteiger partial charge in [0, 0.05) is 22.2 Å². The molecule has 0 fully saturated rings. The van der Waals surface area contributed by atoms with Crippen LogP contribution in [0.1, 0.15) is 23.6 Å². The predicted molar refractivity (Wildman–Crippen MR) is 68.8 cm³/mol. The number of thiophene rings is 1. The zero-order valence-electron chi connectivity index (χ0n) is 9.21. The normalized spacial score (nSPS) is 14.7. The van der Waals surface area contributed by atoms with Gasteiger partial charge in [-0.15, -0.1) is 11.3 Å². The number of nitrogens with one attached hydrogen (secondary N) is 1. The summed E-state index contributed by atoms with van der Waals surface area (Å²) in [6, 6.07) is 4.43. The van der Waals surface area contributed by atoms with Crippen molar-refractivity contribution >= 4 is 33.2 Å². The monoisotopic (exact) mass is 289 g/mol. The van der Waals surface area contributed by atoms with E-state index in [-0.39, 0.29) is 16.8 Å². The molecule has 1 N–H and O–H groups in total. The van der Waals surface area contributed by atoms with Crippen molar-refractivity contribution in [2.45, 2.75) is 38.1 Å². The molecule has 0 saturated carbocycles. The molecule has 2 unspecified atom stereocenters. The van der Waals surface area contributed by atoms with Crippen LogP contribution in [0.3, 0.4) is 0 Å². The average molecular weight is 290 g/mol. The molecule has 0 aliphatic heterocycles. The van der Waals surface area contributed by atoms with E-state index >= 15 is 0 Å². The first-order valence-electron chi connectivity index (χ1n) is 4.99. The van der Waals surface area contributed by atoms with Gasteiger partial charge >= 0.3 is 0 Å². The Balaban J connectivity index is 2.42. The zero-order chi connectivity index (χ0) is 11.4. The number of carbonyl (C=O) groups is 1. The summed E-state index contributed by atoms with van der Waals surface area (Å²) in [6.45, 7) is 5.96. The average Bonchev–Trinajstić information content (AvgIpc) is 2.50. The second kappa shape index (κ2) is 5.66. The molecule has 1 aromatic rings. The fraction of sp³-hybridized carbons (Fsp3) is 0.545. The molecule has 0 aliphatic carbocycles. The largest absolute Gasteiger partial charge is 0.352 e. The Kier molecular flexibility index (Phi) is 4.80. The Morgan fingerprint density at radius 3 is 2.67 bits per heavy atom. The van der Waals surface area contributed by atoms with Gasteiger partial charge < -0.3 is 5.32 Å². The molecule has 1 heterocycles. The van der Waals surface area contributed by atoms with Crippen LogP contribution in [0.5, 0.6) is 0 Å². The lowest BCUT2D eigenvalue weighted by Crippen LogP contribution is -2.37. The summed E-state index contributed by atoms with van der Waals surface area (Å²) in [4.78, 5) is 13.9. The molecule has 2 atom stereocenters. The number of alkyl halides is 1. The molecule has 0 spiro atoms. The first-order valence-corrected chi connectivity index (χ1v) is 6.72. The molecular formula is C11H16BrNOS. The first kappa shape index (κ1) is 12.7. The van der Waals surface area contributed by atoms with E-state index in [4.69, 9.17) is 0 Å². The van der Waals surface area contributed by atoms with Crippen LogP contribution in [-0.2, 0) is 11.2 Å². The maximum Gasteiger partial charge on any atom is 0.233 e. The minimum absolute atomic E-state index is 0.0516. The molecule has 0 aliphatic rings. The standard InChI is InChI=1S/C11H16BrNOS/c1-7(13-11(14)9(3)12)6-10-5-4-8(2)15-10/h4-5,7,9H,6H2,1-3H3,(H,13,14). The highest BCUT2D eigenvalue weighted by atomic mass is 79.9.